The fourth-order valence-corrected chi connectivity index (χ4v) is 3.15. The van der Waals surface area contributed by atoms with Crippen LogP contribution in [-0.4, -0.2) is 26.2 Å². The third-order valence-corrected chi connectivity index (χ3v) is 4.92. The molecule has 1 aromatic heterocycles. The number of nitrogens with one attached hydrogen (secondary N) is 1. The van der Waals surface area contributed by atoms with Gasteiger partial charge in [-0.25, -0.2) is 4.68 Å². The van der Waals surface area contributed by atoms with E-state index in [9.17, 15) is 9.00 Å². The third kappa shape index (κ3) is 3.53. The SMILES string of the molecule is Cc1nn(-c2ccccc2)c(C)c1NC(=O)c1ccc(S(C)=O)cc1. The van der Waals surface area contributed by atoms with Crippen LogP contribution in [0.5, 0.6) is 0 Å². The highest BCUT2D eigenvalue weighted by Crippen LogP contribution is 2.23. The Bertz CT molecular complexity index is 931. The van der Waals surface area contributed by atoms with Crippen molar-refractivity contribution < 1.29 is 9.00 Å². The van der Waals surface area contributed by atoms with Crippen LogP contribution in [-0.2, 0) is 10.8 Å². The maximum absolute atomic E-state index is 12.5. The van der Waals surface area contributed by atoms with Crippen LogP contribution >= 0.6 is 0 Å². The van der Waals surface area contributed by atoms with E-state index in [0.29, 0.717) is 16.1 Å². The molecule has 0 aliphatic carbocycles. The van der Waals surface area contributed by atoms with Crippen LogP contribution in [0, 0.1) is 13.8 Å². The number of benzene rings is 2. The van der Waals surface area contributed by atoms with Gasteiger partial charge in [-0.3, -0.25) is 9.00 Å². The first-order valence-electron chi connectivity index (χ1n) is 7.84. The summed E-state index contributed by atoms with van der Waals surface area (Å²) in [6.45, 7) is 3.79. The van der Waals surface area contributed by atoms with Crippen molar-refractivity contribution in [2.45, 2.75) is 18.7 Å². The highest BCUT2D eigenvalue weighted by atomic mass is 32.2. The average Bonchev–Trinajstić information content (AvgIpc) is 2.90. The van der Waals surface area contributed by atoms with Gasteiger partial charge >= 0.3 is 0 Å². The average molecular weight is 353 g/mol. The molecule has 3 rings (SSSR count). The Morgan fingerprint density at radius 1 is 1.04 bits per heavy atom. The van der Waals surface area contributed by atoms with Crippen LogP contribution in [0.2, 0.25) is 0 Å². The fourth-order valence-electron chi connectivity index (χ4n) is 2.63. The van der Waals surface area contributed by atoms with Crippen molar-refractivity contribution >= 4 is 22.4 Å². The van der Waals surface area contributed by atoms with Gasteiger partial charge in [-0.15, -0.1) is 0 Å². The van der Waals surface area contributed by atoms with Crippen LogP contribution in [0.4, 0.5) is 5.69 Å². The van der Waals surface area contributed by atoms with Gasteiger partial charge < -0.3 is 5.32 Å². The summed E-state index contributed by atoms with van der Waals surface area (Å²) in [6.07, 6.45) is 1.61. The Labute approximate surface area is 149 Å². The molecule has 0 spiro atoms. The van der Waals surface area contributed by atoms with Crippen molar-refractivity contribution in [2.75, 3.05) is 11.6 Å². The van der Waals surface area contributed by atoms with Crippen LogP contribution in [0.3, 0.4) is 0 Å². The lowest BCUT2D eigenvalue weighted by molar-refractivity contribution is 0.102. The van der Waals surface area contributed by atoms with Gasteiger partial charge in [0.1, 0.15) is 0 Å². The normalized spacial score (nSPS) is 12.0. The fraction of sp³-hybridized carbons (Fsp3) is 0.158. The van der Waals surface area contributed by atoms with Crippen LogP contribution < -0.4 is 5.32 Å². The molecule has 25 heavy (non-hydrogen) atoms. The molecule has 1 N–H and O–H groups in total. The molecular weight excluding hydrogens is 334 g/mol. The largest absolute Gasteiger partial charge is 0.319 e. The van der Waals surface area contributed by atoms with E-state index in [0.717, 1.165) is 17.1 Å². The number of carbonyl (C=O) groups is 1. The zero-order chi connectivity index (χ0) is 18.0. The predicted octanol–water partition coefficient (Wildman–Crippen LogP) is 3.48. The molecule has 1 unspecified atom stereocenters. The quantitative estimate of drug-likeness (QED) is 0.781. The minimum Gasteiger partial charge on any atom is -0.319 e. The molecule has 0 saturated heterocycles. The van der Waals surface area contributed by atoms with Gasteiger partial charge in [-0.1, -0.05) is 18.2 Å². The molecule has 0 bridgehead atoms. The van der Waals surface area contributed by atoms with E-state index in [4.69, 9.17) is 0 Å². The second-order valence-corrected chi connectivity index (χ2v) is 7.11. The van der Waals surface area contributed by atoms with Crippen molar-refractivity contribution in [1.29, 1.82) is 0 Å². The van der Waals surface area contributed by atoms with Crippen LogP contribution in [0.1, 0.15) is 21.7 Å². The molecule has 1 amide bonds. The van der Waals surface area contributed by atoms with E-state index < -0.39 is 10.8 Å². The van der Waals surface area contributed by atoms with E-state index in [1.54, 1.807) is 30.5 Å². The van der Waals surface area contributed by atoms with E-state index in [-0.39, 0.29) is 5.91 Å². The Balaban J connectivity index is 1.87. The topological polar surface area (TPSA) is 64.0 Å². The Kier molecular flexibility index (Phi) is 4.81. The van der Waals surface area contributed by atoms with Crippen molar-refractivity contribution in [1.82, 2.24) is 9.78 Å². The number of para-hydroxylation sites is 1. The maximum Gasteiger partial charge on any atom is 0.255 e. The van der Waals surface area contributed by atoms with Crippen molar-refractivity contribution in [2.24, 2.45) is 0 Å². The second-order valence-electron chi connectivity index (χ2n) is 5.73. The Hall–Kier alpha value is -2.73. The Morgan fingerprint density at radius 3 is 2.28 bits per heavy atom. The lowest BCUT2D eigenvalue weighted by Crippen LogP contribution is -2.13. The summed E-state index contributed by atoms with van der Waals surface area (Å²) in [6, 6.07) is 16.5. The molecule has 0 aliphatic heterocycles. The van der Waals surface area contributed by atoms with E-state index >= 15 is 0 Å². The number of rotatable bonds is 4. The first kappa shape index (κ1) is 17.1. The molecule has 5 nitrogen and oxygen atoms in total. The minimum absolute atomic E-state index is 0.216. The predicted molar refractivity (Wildman–Crippen MR) is 99.8 cm³/mol. The third-order valence-electron chi connectivity index (χ3n) is 3.98. The molecule has 128 valence electrons. The van der Waals surface area contributed by atoms with Gasteiger partial charge in [0.05, 0.1) is 22.8 Å². The monoisotopic (exact) mass is 353 g/mol. The van der Waals surface area contributed by atoms with Gasteiger partial charge in [0.2, 0.25) is 0 Å². The lowest BCUT2D eigenvalue weighted by atomic mass is 10.2. The molecule has 1 heterocycles. The van der Waals surface area contributed by atoms with Gasteiger partial charge in [0.25, 0.3) is 5.91 Å². The molecule has 0 saturated carbocycles. The van der Waals surface area contributed by atoms with Crippen LogP contribution in [0.25, 0.3) is 5.69 Å². The van der Waals surface area contributed by atoms with Crippen molar-refractivity contribution in [3.05, 3.63) is 71.5 Å². The summed E-state index contributed by atoms with van der Waals surface area (Å²) in [4.78, 5) is 13.2. The number of hydrogen-bond acceptors (Lipinski definition) is 3. The highest BCUT2D eigenvalue weighted by molar-refractivity contribution is 7.84. The Morgan fingerprint density at radius 2 is 1.68 bits per heavy atom. The maximum atomic E-state index is 12.5. The molecular formula is C19H19N3O2S. The van der Waals surface area contributed by atoms with Gasteiger partial charge in [-0.2, -0.15) is 5.10 Å². The van der Waals surface area contributed by atoms with Crippen molar-refractivity contribution in [3.8, 4) is 5.69 Å². The standard InChI is InChI=1S/C19H19N3O2S/c1-13-18(14(2)22(21-13)16-7-5-4-6-8-16)20-19(23)15-9-11-17(12-10-15)25(3)24/h4-12H,1-3H3,(H,20,23). The smallest absolute Gasteiger partial charge is 0.255 e. The van der Waals surface area contributed by atoms with E-state index in [1.807, 2.05) is 48.9 Å². The summed E-state index contributed by atoms with van der Waals surface area (Å²) in [5, 5.41) is 7.46. The summed E-state index contributed by atoms with van der Waals surface area (Å²) in [5.41, 5.74) is 3.78. The number of nitrogens with zero attached hydrogens (tertiary/aromatic N) is 2. The summed E-state index contributed by atoms with van der Waals surface area (Å²) < 4.78 is 13.3. The van der Waals surface area contributed by atoms with Crippen LogP contribution in [0.15, 0.2) is 59.5 Å². The zero-order valence-electron chi connectivity index (χ0n) is 14.3. The van der Waals surface area contributed by atoms with Gasteiger partial charge in [-0.05, 0) is 50.2 Å². The number of amides is 1. The molecule has 2 aromatic carbocycles. The molecule has 1 atom stereocenters. The molecule has 3 aromatic rings. The lowest BCUT2D eigenvalue weighted by Gasteiger charge is -2.07. The zero-order valence-corrected chi connectivity index (χ0v) is 15.1. The molecule has 6 heteroatoms. The van der Waals surface area contributed by atoms with E-state index in [2.05, 4.69) is 10.4 Å². The molecule has 0 aliphatic rings. The number of aryl methyl sites for hydroxylation is 1. The molecule has 0 fully saturated rings. The van der Waals surface area contributed by atoms with Crippen molar-refractivity contribution in [3.63, 3.8) is 0 Å². The number of aromatic nitrogens is 2. The van der Waals surface area contributed by atoms with E-state index in [1.165, 1.54) is 0 Å². The summed E-state index contributed by atoms with van der Waals surface area (Å²) in [7, 11) is -1.06. The molecule has 0 radical (unpaired) electrons. The minimum atomic E-state index is -1.06. The first-order chi connectivity index (χ1) is 12.0. The number of hydrogen-bond donors (Lipinski definition) is 1. The van der Waals surface area contributed by atoms with Gasteiger partial charge in [0.15, 0.2) is 0 Å². The highest BCUT2D eigenvalue weighted by Gasteiger charge is 2.16. The van der Waals surface area contributed by atoms with Gasteiger partial charge in [0, 0.05) is 27.5 Å². The summed E-state index contributed by atoms with van der Waals surface area (Å²) in [5.74, 6) is -0.216. The second kappa shape index (κ2) is 7.03. The summed E-state index contributed by atoms with van der Waals surface area (Å²) >= 11 is 0. The number of anilines is 1. The number of carbonyl (C=O) groups excluding carboxylic acids is 1. The first-order valence-corrected chi connectivity index (χ1v) is 9.39.